The monoisotopic (exact) mass is 363 g/mol. The van der Waals surface area contributed by atoms with Crippen LogP contribution in [0.3, 0.4) is 0 Å². The van der Waals surface area contributed by atoms with Gasteiger partial charge in [0.15, 0.2) is 0 Å². The summed E-state index contributed by atoms with van der Waals surface area (Å²) in [6.07, 6.45) is 4.07. The molecule has 0 bridgehead atoms. The quantitative estimate of drug-likeness (QED) is 0.754. The number of pyridine rings is 1. The highest BCUT2D eigenvalue weighted by molar-refractivity contribution is 5.83. The number of carbonyl (C=O) groups excluding carboxylic acids is 1. The fraction of sp³-hybridized carbons (Fsp3) is 0.381. The van der Waals surface area contributed by atoms with E-state index >= 15 is 0 Å². The zero-order chi connectivity index (χ0) is 19.0. The molecule has 6 nitrogen and oxygen atoms in total. The lowest BCUT2D eigenvalue weighted by atomic mass is 10.1. The van der Waals surface area contributed by atoms with Gasteiger partial charge < -0.3 is 10.2 Å². The number of aromatic nitrogens is 3. The first kappa shape index (κ1) is 17.5. The molecule has 1 aromatic carbocycles. The van der Waals surface area contributed by atoms with Crippen LogP contribution in [0.25, 0.3) is 10.9 Å². The summed E-state index contributed by atoms with van der Waals surface area (Å²) < 4.78 is 1.86. The van der Waals surface area contributed by atoms with Crippen LogP contribution in [0, 0.1) is 12.8 Å². The minimum atomic E-state index is -0.0935. The average molecular weight is 363 g/mol. The maximum absolute atomic E-state index is 12.8. The van der Waals surface area contributed by atoms with E-state index in [1.807, 2.05) is 37.0 Å². The molecule has 4 rings (SSSR count). The van der Waals surface area contributed by atoms with Crippen LogP contribution in [0.2, 0.25) is 0 Å². The van der Waals surface area contributed by atoms with Gasteiger partial charge in [-0.15, -0.1) is 0 Å². The number of benzene rings is 1. The number of amides is 2. The molecule has 0 radical (unpaired) electrons. The van der Waals surface area contributed by atoms with Gasteiger partial charge >= 0.3 is 6.03 Å². The van der Waals surface area contributed by atoms with Crippen molar-refractivity contribution in [3.05, 3.63) is 59.5 Å². The van der Waals surface area contributed by atoms with E-state index in [1.54, 1.807) is 11.1 Å². The van der Waals surface area contributed by atoms with Gasteiger partial charge in [0.25, 0.3) is 0 Å². The van der Waals surface area contributed by atoms with Crippen LogP contribution >= 0.6 is 0 Å². The van der Waals surface area contributed by atoms with Crippen LogP contribution in [0.5, 0.6) is 0 Å². The van der Waals surface area contributed by atoms with Crippen LogP contribution in [-0.2, 0) is 13.6 Å². The Balaban J connectivity index is 1.50. The van der Waals surface area contributed by atoms with Crippen LogP contribution in [-0.4, -0.2) is 32.7 Å². The Bertz CT molecular complexity index is 961. The molecule has 1 saturated carbocycles. The molecule has 2 aromatic heterocycles. The number of urea groups is 1. The van der Waals surface area contributed by atoms with E-state index < -0.39 is 0 Å². The molecule has 6 heteroatoms. The fourth-order valence-corrected chi connectivity index (χ4v) is 3.71. The zero-order valence-corrected chi connectivity index (χ0v) is 16.0. The Kier molecular flexibility index (Phi) is 4.56. The number of hydrogen-bond donors (Lipinski definition) is 1. The molecular formula is C21H25N5O. The molecule has 1 fully saturated rings. The highest BCUT2D eigenvalue weighted by Crippen LogP contribution is 2.43. The molecule has 0 saturated heterocycles. The van der Waals surface area contributed by atoms with Gasteiger partial charge in [-0.2, -0.15) is 5.10 Å². The molecule has 1 unspecified atom stereocenters. The summed E-state index contributed by atoms with van der Waals surface area (Å²) in [5.74, 6) is 0.494. The maximum Gasteiger partial charge on any atom is 0.318 e. The molecule has 1 aliphatic carbocycles. The second-order valence-corrected chi connectivity index (χ2v) is 7.40. The van der Waals surface area contributed by atoms with Crippen molar-refractivity contribution in [2.45, 2.75) is 32.4 Å². The molecule has 1 aliphatic rings. The lowest BCUT2D eigenvalue weighted by Crippen LogP contribution is -2.40. The van der Waals surface area contributed by atoms with Crippen molar-refractivity contribution < 1.29 is 4.79 Å². The normalized spacial score (nSPS) is 14.9. The summed E-state index contributed by atoms with van der Waals surface area (Å²) in [4.78, 5) is 19.1. The van der Waals surface area contributed by atoms with Crippen molar-refractivity contribution in [1.29, 1.82) is 0 Å². The SMILES string of the molecule is Cc1ccc2c(c1)c(CNC(=O)N(C)C(c1ccccn1)C1CC1)nn2C. The highest BCUT2D eigenvalue weighted by atomic mass is 16.2. The Labute approximate surface area is 159 Å². The Morgan fingerprint density at radius 3 is 2.85 bits per heavy atom. The minimum Gasteiger partial charge on any atom is -0.332 e. The maximum atomic E-state index is 12.8. The van der Waals surface area contributed by atoms with Crippen molar-refractivity contribution in [2.75, 3.05) is 7.05 Å². The molecule has 1 atom stereocenters. The van der Waals surface area contributed by atoms with E-state index in [0.29, 0.717) is 12.5 Å². The molecule has 27 heavy (non-hydrogen) atoms. The number of nitrogens with zero attached hydrogens (tertiary/aromatic N) is 4. The molecule has 0 spiro atoms. The van der Waals surface area contributed by atoms with E-state index in [1.165, 1.54) is 5.56 Å². The molecule has 140 valence electrons. The molecular weight excluding hydrogens is 338 g/mol. The summed E-state index contributed by atoms with van der Waals surface area (Å²) in [7, 11) is 3.78. The van der Waals surface area contributed by atoms with E-state index in [9.17, 15) is 4.79 Å². The van der Waals surface area contributed by atoms with Gasteiger partial charge in [0.05, 0.1) is 29.5 Å². The van der Waals surface area contributed by atoms with Crippen LogP contribution < -0.4 is 5.32 Å². The van der Waals surface area contributed by atoms with Crippen molar-refractivity contribution in [2.24, 2.45) is 13.0 Å². The predicted octanol–water partition coefficient (Wildman–Crippen LogP) is 3.57. The van der Waals surface area contributed by atoms with Crippen LogP contribution in [0.4, 0.5) is 4.79 Å². The Hall–Kier alpha value is -2.89. The predicted molar refractivity (Wildman–Crippen MR) is 105 cm³/mol. The third-order valence-electron chi connectivity index (χ3n) is 5.29. The van der Waals surface area contributed by atoms with Crippen molar-refractivity contribution >= 4 is 16.9 Å². The number of carbonyl (C=O) groups is 1. The van der Waals surface area contributed by atoms with Gasteiger partial charge in [-0.05, 0) is 49.9 Å². The Morgan fingerprint density at radius 1 is 1.33 bits per heavy atom. The van der Waals surface area contributed by atoms with Gasteiger partial charge in [0, 0.05) is 25.7 Å². The van der Waals surface area contributed by atoms with E-state index in [4.69, 9.17) is 0 Å². The summed E-state index contributed by atoms with van der Waals surface area (Å²) >= 11 is 0. The lowest BCUT2D eigenvalue weighted by Gasteiger charge is -2.28. The van der Waals surface area contributed by atoms with E-state index in [0.717, 1.165) is 35.1 Å². The number of hydrogen-bond acceptors (Lipinski definition) is 3. The van der Waals surface area contributed by atoms with Gasteiger partial charge in [-0.25, -0.2) is 4.79 Å². The molecule has 0 aliphatic heterocycles. The van der Waals surface area contributed by atoms with Crippen molar-refractivity contribution in [1.82, 2.24) is 25.0 Å². The number of rotatable bonds is 5. The minimum absolute atomic E-state index is 0.0221. The molecule has 2 amide bonds. The summed E-state index contributed by atoms with van der Waals surface area (Å²) in [6, 6.07) is 12.1. The fourth-order valence-electron chi connectivity index (χ4n) is 3.71. The third-order valence-corrected chi connectivity index (χ3v) is 5.29. The summed E-state index contributed by atoms with van der Waals surface area (Å²) in [6.45, 7) is 2.47. The second-order valence-electron chi connectivity index (χ2n) is 7.40. The highest BCUT2D eigenvalue weighted by Gasteiger charge is 2.37. The van der Waals surface area contributed by atoms with Crippen LogP contribution in [0.1, 0.15) is 35.8 Å². The zero-order valence-electron chi connectivity index (χ0n) is 16.0. The van der Waals surface area contributed by atoms with E-state index in [2.05, 4.69) is 40.5 Å². The molecule has 1 N–H and O–H groups in total. The second kappa shape index (κ2) is 7.02. The van der Waals surface area contributed by atoms with Gasteiger partial charge in [-0.3, -0.25) is 9.67 Å². The van der Waals surface area contributed by atoms with Gasteiger partial charge in [0.2, 0.25) is 0 Å². The first-order valence-corrected chi connectivity index (χ1v) is 9.38. The topological polar surface area (TPSA) is 63.1 Å². The first-order chi connectivity index (χ1) is 13.0. The number of fused-ring (bicyclic) bond motifs is 1. The summed E-state index contributed by atoms with van der Waals surface area (Å²) in [5.41, 5.74) is 4.10. The van der Waals surface area contributed by atoms with E-state index in [-0.39, 0.29) is 12.1 Å². The molecule has 3 aromatic rings. The van der Waals surface area contributed by atoms with Crippen molar-refractivity contribution in [3.63, 3.8) is 0 Å². The lowest BCUT2D eigenvalue weighted by molar-refractivity contribution is 0.181. The largest absolute Gasteiger partial charge is 0.332 e. The number of nitrogens with one attached hydrogen (secondary N) is 1. The standard InChI is InChI=1S/C21H25N5O/c1-14-7-10-19-16(12-14)18(24-26(19)3)13-23-21(27)25(2)20(15-8-9-15)17-6-4-5-11-22-17/h4-7,10-12,15,20H,8-9,13H2,1-3H3,(H,23,27). The summed E-state index contributed by atoms with van der Waals surface area (Å²) in [5, 5.41) is 8.71. The number of aryl methyl sites for hydroxylation is 2. The Morgan fingerprint density at radius 2 is 2.15 bits per heavy atom. The van der Waals surface area contributed by atoms with Crippen LogP contribution in [0.15, 0.2) is 42.6 Å². The smallest absolute Gasteiger partial charge is 0.318 e. The third kappa shape index (κ3) is 3.52. The van der Waals surface area contributed by atoms with Gasteiger partial charge in [0.1, 0.15) is 0 Å². The average Bonchev–Trinajstić information content (AvgIpc) is 3.45. The first-order valence-electron chi connectivity index (χ1n) is 9.38. The van der Waals surface area contributed by atoms with Crippen molar-refractivity contribution in [3.8, 4) is 0 Å². The van der Waals surface area contributed by atoms with Gasteiger partial charge in [-0.1, -0.05) is 17.7 Å². The molecule has 2 heterocycles.